The smallest absolute Gasteiger partial charge is 0.251 e. The quantitative estimate of drug-likeness (QED) is 0.794. The van der Waals surface area contributed by atoms with E-state index >= 15 is 0 Å². The van der Waals surface area contributed by atoms with Crippen LogP contribution in [0.3, 0.4) is 0 Å². The number of nitrogens with one attached hydrogen (secondary N) is 3. The van der Waals surface area contributed by atoms with Gasteiger partial charge in [-0.05, 0) is 56.5 Å². The second-order valence-corrected chi connectivity index (χ2v) is 5.55. The summed E-state index contributed by atoms with van der Waals surface area (Å²) in [5.74, 6) is 0.330. The van der Waals surface area contributed by atoms with E-state index in [9.17, 15) is 9.59 Å². The number of hydrogen-bond acceptors (Lipinski definition) is 3. The van der Waals surface area contributed by atoms with E-state index < -0.39 is 0 Å². The lowest BCUT2D eigenvalue weighted by Crippen LogP contribution is -2.30. The highest BCUT2D eigenvalue weighted by atomic mass is 35.5. The molecule has 1 aliphatic heterocycles. The van der Waals surface area contributed by atoms with Gasteiger partial charge in [0.05, 0.1) is 0 Å². The number of rotatable bonds is 4. The van der Waals surface area contributed by atoms with E-state index in [0.717, 1.165) is 37.2 Å². The average Bonchev–Trinajstić information content (AvgIpc) is 2.49. The van der Waals surface area contributed by atoms with Gasteiger partial charge in [-0.3, -0.25) is 9.59 Å². The molecule has 0 radical (unpaired) electrons. The molecule has 2 amide bonds. The number of hydrogen-bond donors (Lipinski definition) is 3. The first-order valence-electron chi connectivity index (χ1n) is 7.43. The number of amides is 2. The van der Waals surface area contributed by atoms with Crippen molar-refractivity contribution < 1.29 is 9.59 Å². The number of anilines is 1. The molecule has 1 fully saturated rings. The van der Waals surface area contributed by atoms with Crippen molar-refractivity contribution in [3.8, 4) is 0 Å². The predicted octanol–water partition coefficient (Wildman–Crippen LogP) is 2.10. The Balaban J connectivity index is 0.00000242. The number of carbonyl (C=O) groups excluding carboxylic acids is 2. The Hall–Kier alpha value is -1.59. The first-order valence-corrected chi connectivity index (χ1v) is 7.43. The van der Waals surface area contributed by atoms with Crippen LogP contribution in [-0.2, 0) is 4.79 Å². The lowest BCUT2D eigenvalue weighted by atomic mass is 9.94. The highest BCUT2D eigenvalue weighted by Crippen LogP contribution is 2.20. The Morgan fingerprint density at radius 1 is 1.27 bits per heavy atom. The molecule has 2 rings (SSSR count). The molecule has 1 heterocycles. The highest BCUT2D eigenvalue weighted by Gasteiger charge is 2.17. The van der Waals surface area contributed by atoms with Crippen molar-refractivity contribution in [2.75, 3.05) is 25.5 Å². The molecule has 0 saturated carbocycles. The van der Waals surface area contributed by atoms with Gasteiger partial charge in [0.2, 0.25) is 5.91 Å². The van der Waals surface area contributed by atoms with E-state index in [4.69, 9.17) is 0 Å². The van der Waals surface area contributed by atoms with Gasteiger partial charge in [0.15, 0.2) is 0 Å². The molecule has 0 aliphatic carbocycles. The van der Waals surface area contributed by atoms with Crippen LogP contribution >= 0.6 is 12.4 Å². The second-order valence-electron chi connectivity index (χ2n) is 5.55. The lowest BCUT2D eigenvalue weighted by molar-refractivity contribution is -0.117. The molecular weight excluding hydrogens is 302 g/mol. The van der Waals surface area contributed by atoms with Crippen LogP contribution in [-0.4, -0.2) is 32.0 Å². The largest absolute Gasteiger partial charge is 0.355 e. The fourth-order valence-corrected chi connectivity index (χ4v) is 2.59. The van der Waals surface area contributed by atoms with Crippen LogP contribution in [0.4, 0.5) is 5.69 Å². The van der Waals surface area contributed by atoms with Gasteiger partial charge in [0.1, 0.15) is 0 Å². The number of halogens is 1. The highest BCUT2D eigenvalue weighted by molar-refractivity contribution is 5.97. The summed E-state index contributed by atoms with van der Waals surface area (Å²) in [7, 11) is 1.59. The van der Waals surface area contributed by atoms with Gasteiger partial charge in [-0.15, -0.1) is 12.4 Å². The van der Waals surface area contributed by atoms with Crippen LogP contribution < -0.4 is 16.0 Å². The van der Waals surface area contributed by atoms with Crippen molar-refractivity contribution in [1.82, 2.24) is 10.6 Å². The first-order chi connectivity index (χ1) is 10.1. The normalized spacial score (nSPS) is 14.8. The van der Waals surface area contributed by atoms with Crippen molar-refractivity contribution in [1.29, 1.82) is 0 Å². The Morgan fingerprint density at radius 3 is 2.59 bits per heavy atom. The maximum Gasteiger partial charge on any atom is 0.251 e. The van der Waals surface area contributed by atoms with Crippen LogP contribution in [0.15, 0.2) is 18.2 Å². The molecule has 22 heavy (non-hydrogen) atoms. The standard InChI is InChI=1S/C16H23N3O2.ClH/c1-11-3-4-13(16(21)17-2)10-14(11)19-15(20)9-12-5-7-18-8-6-12;/h3-4,10,12,18H,5-9H2,1-2H3,(H,17,21)(H,19,20);1H. The maximum atomic E-state index is 12.2. The lowest BCUT2D eigenvalue weighted by Gasteiger charge is -2.22. The van der Waals surface area contributed by atoms with E-state index in [-0.39, 0.29) is 24.2 Å². The molecule has 0 unspecified atom stereocenters. The third-order valence-corrected chi connectivity index (χ3v) is 3.93. The van der Waals surface area contributed by atoms with Gasteiger partial charge in [-0.25, -0.2) is 0 Å². The third-order valence-electron chi connectivity index (χ3n) is 3.93. The zero-order chi connectivity index (χ0) is 15.2. The third kappa shape index (κ3) is 5.00. The van der Waals surface area contributed by atoms with Crippen LogP contribution in [0.2, 0.25) is 0 Å². The van der Waals surface area contributed by atoms with Gasteiger partial charge >= 0.3 is 0 Å². The minimum absolute atomic E-state index is 0. The van der Waals surface area contributed by atoms with Gasteiger partial charge in [-0.2, -0.15) is 0 Å². The topological polar surface area (TPSA) is 70.2 Å². The van der Waals surface area contributed by atoms with Gasteiger partial charge < -0.3 is 16.0 Å². The average molecular weight is 326 g/mol. The van der Waals surface area contributed by atoms with Crippen LogP contribution in [0.5, 0.6) is 0 Å². The van der Waals surface area contributed by atoms with Crippen molar-refractivity contribution in [2.24, 2.45) is 5.92 Å². The molecule has 0 aromatic heterocycles. The zero-order valence-electron chi connectivity index (χ0n) is 13.1. The molecule has 5 nitrogen and oxygen atoms in total. The molecule has 3 N–H and O–H groups in total. The first kappa shape index (κ1) is 18.5. The minimum atomic E-state index is -0.149. The fraction of sp³-hybridized carbons (Fsp3) is 0.500. The molecular formula is C16H24ClN3O2. The molecule has 0 atom stereocenters. The summed E-state index contributed by atoms with van der Waals surface area (Å²) < 4.78 is 0. The number of piperidine rings is 1. The molecule has 0 spiro atoms. The summed E-state index contributed by atoms with van der Waals surface area (Å²) in [4.78, 5) is 23.8. The van der Waals surface area contributed by atoms with E-state index in [0.29, 0.717) is 17.9 Å². The SMILES string of the molecule is CNC(=O)c1ccc(C)c(NC(=O)CC2CCNCC2)c1.Cl. The summed E-state index contributed by atoms with van der Waals surface area (Å²) >= 11 is 0. The molecule has 1 saturated heterocycles. The van der Waals surface area contributed by atoms with E-state index in [1.165, 1.54) is 0 Å². The molecule has 122 valence electrons. The maximum absolute atomic E-state index is 12.2. The zero-order valence-corrected chi connectivity index (χ0v) is 13.9. The number of aryl methyl sites for hydroxylation is 1. The fourth-order valence-electron chi connectivity index (χ4n) is 2.59. The van der Waals surface area contributed by atoms with Crippen molar-refractivity contribution >= 4 is 29.9 Å². The van der Waals surface area contributed by atoms with E-state index in [1.54, 1.807) is 19.2 Å². The van der Waals surface area contributed by atoms with Crippen molar-refractivity contribution in [3.05, 3.63) is 29.3 Å². The molecule has 1 aliphatic rings. The van der Waals surface area contributed by atoms with Crippen LogP contribution in [0.25, 0.3) is 0 Å². The van der Waals surface area contributed by atoms with Crippen LogP contribution in [0, 0.1) is 12.8 Å². The van der Waals surface area contributed by atoms with Gasteiger partial charge in [-0.1, -0.05) is 6.07 Å². The summed E-state index contributed by atoms with van der Waals surface area (Å²) in [6.45, 7) is 3.90. The minimum Gasteiger partial charge on any atom is -0.355 e. The Kier molecular flexibility index (Phi) is 7.35. The van der Waals surface area contributed by atoms with E-state index in [1.807, 2.05) is 13.0 Å². The second kappa shape index (κ2) is 8.76. The van der Waals surface area contributed by atoms with Crippen molar-refractivity contribution in [3.63, 3.8) is 0 Å². The van der Waals surface area contributed by atoms with Crippen molar-refractivity contribution in [2.45, 2.75) is 26.2 Å². The Bertz CT molecular complexity index is 528. The molecule has 0 bridgehead atoms. The molecule has 6 heteroatoms. The predicted molar refractivity (Wildman–Crippen MR) is 90.7 cm³/mol. The van der Waals surface area contributed by atoms with E-state index in [2.05, 4.69) is 16.0 Å². The molecule has 1 aromatic rings. The summed E-state index contributed by atoms with van der Waals surface area (Å²) in [6.07, 6.45) is 2.64. The summed E-state index contributed by atoms with van der Waals surface area (Å²) in [5.41, 5.74) is 2.23. The summed E-state index contributed by atoms with van der Waals surface area (Å²) in [6, 6.07) is 5.34. The monoisotopic (exact) mass is 325 g/mol. The molecule has 1 aromatic carbocycles. The summed E-state index contributed by atoms with van der Waals surface area (Å²) in [5, 5.41) is 8.82. The number of benzene rings is 1. The van der Waals surface area contributed by atoms with Gasteiger partial charge in [0.25, 0.3) is 5.91 Å². The number of carbonyl (C=O) groups is 2. The van der Waals surface area contributed by atoms with Gasteiger partial charge in [0, 0.05) is 24.7 Å². The van der Waals surface area contributed by atoms with Crippen LogP contribution in [0.1, 0.15) is 35.2 Å². The Labute approximate surface area is 137 Å². The Morgan fingerprint density at radius 2 is 1.95 bits per heavy atom.